The van der Waals surface area contributed by atoms with Crippen molar-refractivity contribution in [2.24, 2.45) is 0 Å². The molecule has 2 aliphatic rings. The smallest absolute Gasteiger partial charge is 0.0959 e. The van der Waals surface area contributed by atoms with Crippen molar-refractivity contribution < 1.29 is 4.74 Å². The molecule has 4 nitrogen and oxygen atoms in total. The van der Waals surface area contributed by atoms with Crippen molar-refractivity contribution in [3.63, 3.8) is 0 Å². The lowest BCUT2D eigenvalue weighted by Crippen LogP contribution is -2.46. The molecule has 118 valence electrons. The Balaban J connectivity index is 1.53. The summed E-state index contributed by atoms with van der Waals surface area (Å²) in [6.07, 6.45) is 5.79. The van der Waals surface area contributed by atoms with E-state index in [1.807, 2.05) is 11.3 Å². The van der Waals surface area contributed by atoms with Gasteiger partial charge in [-0.3, -0.25) is 4.90 Å². The third kappa shape index (κ3) is 4.25. The summed E-state index contributed by atoms with van der Waals surface area (Å²) in [5.74, 6) is 0.745. The molecule has 1 aromatic heterocycles. The summed E-state index contributed by atoms with van der Waals surface area (Å²) in [5.41, 5.74) is 1.26. The minimum Gasteiger partial charge on any atom is -0.374 e. The maximum absolute atomic E-state index is 5.84. The number of rotatable bonds is 5. The molecular weight excluding hydrogens is 282 g/mol. The van der Waals surface area contributed by atoms with E-state index in [2.05, 4.69) is 29.3 Å². The van der Waals surface area contributed by atoms with Crippen LogP contribution in [0.15, 0.2) is 5.38 Å². The number of thiazole rings is 1. The van der Waals surface area contributed by atoms with Gasteiger partial charge in [0.1, 0.15) is 0 Å². The van der Waals surface area contributed by atoms with Crippen molar-refractivity contribution in [3.8, 4) is 0 Å². The van der Waals surface area contributed by atoms with Crippen LogP contribution in [0.4, 0.5) is 0 Å². The molecule has 0 aromatic carbocycles. The maximum Gasteiger partial charge on any atom is 0.0959 e. The van der Waals surface area contributed by atoms with E-state index in [1.165, 1.54) is 36.4 Å². The predicted molar refractivity (Wildman–Crippen MR) is 86.9 cm³/mol. The molecule has 0 amide bonds. The molecule has 0 N–H and O–H groups in total. The van der Waals surface area contributed by atoms with E-state index in [4.69, 9.17) is 9.72 Å². The average molecular weight is 309 g/mol. The molecule has 21 heavy (non-hydrogen) atoms. The number of ether oxygens (including phenoxy) is 1. The Hall–Kier alpha value is -0.490. The Morgan fingerprint density at radius 1 is 1.38 bits per heavy atom. The van der Waals surface area contributed by atoms with E-state index < -0.39 is 0 Å². The zero-order valence-corrected chi connectivity index (χ0v) is 14.1. The third-order valence-corrected chi connectivity index (χ3v) is 5.51. The zero-order valence-electron chi connectivity index (χ0n) is 13.3. The first-order chi connectivity index (χ1) is 10.2. The third-order valence-electron chi connectivity index (χ3n) is 4.45. The first kappa shape index (κ1) is 15.4. The molecule has 2 fully saturated rings. The number of morpholine rings is 1. The van der Waals surface area contributed by atoms with Gasteiger partial charge < -0.3 is 9.64 Å². The normalized spacial score (nSPS) is 25.0. The van der Waals surface area contributed by atoms with Crippen molar-refractivity contribution in [2.45, 2.75) is 44.2 Å². The highest BCUT2D eigenvalue weighted by Crippen LogP contribution is 2.35. The fourth-order valence-corrected chi connectivity index (χ4v) is 4.41. The van der Waals surface area contributed by atoms with Gasteiger partial charge in [0.25, 0.3) is 0 Å². The van der Waals surface area contributed by atoms with Crippen LogP contribution in [-0.2, 0) is 11.3 Å². The SMILES string of the molecule is CN(C)C[C@H]1CN(Cc2csc(C3CCCC3)n2)CCO1. The summed E-state index contributed by atoms with van der Waals surface area (Å²) in [5, 5.41) is 3.64. The lowest BCUT2D eigenvalue weighted by atomic mass is 10.1. The quantitative estimate of drug-likeness (QED) is 0.836. The van der Waals surface area contributed by atoms with Gasteiger partial charge in [-0.1, -0.05) is 12.8 Å². The van der Waals surface area contributed by atoms with E-state index in [9.17, 15) is 0 Å². The van der Waals surface area contributed by atoms with Gasteiger partial charge in [-0.15, -0.1) is 11.3 Å². The molecule has 1 saturated carbocycles. The van der Waals surface area contributed by atoms with Crippen LogP contribution in [0.25, 0.3) is 0 Å². The summed E-state index contributed by atoms with van der Waals surface area (Å²) < 4.78 is 5.84. The Bertz CT molecular complexity index is 442. The van der Waals surface area contributed by atoms with Gasteiger partial charge in [0.05, 0.1) is 23.4 Å². The van der Waals surface area contributed by atoms with Crippen LogP contribution in [0.3, 0.4) is 0 Å². The molecule has 5 heteroatoms. The second-order valence-corrected chi connectivity index (χ2v) is 7.54. The Morgan fingerprint density at radius 3 is 2.95 bits per heavy atom. The van der Waals surface area contributed by atoms with E-state index in [0.717, 1.165) is 38.7 Å². The molecule has 1 aliphatic carbocycles. The molecular formula is C16H27N3OS. The summed E-state index contributed by atoms with van der Waals surface area (Å²) >= 11 is 1.87. The second kappa shape index (κ2) is 7.18. The van der Waals surface area contributed by atoms with Crippen molar-refractivity contribution >= 4 is 11.3 Å². The van der Waals surface area contributed by atoms with Crippen LogP contribution in [0.2, 0.25) is 0 Å². The molecule has 2 heterocycles. The number of likely N-dealkylation sites (N-methyl/N-ethyl adjacent to an activating group) is 1. The van der Waals surface area contributed by atoms with Gasteiger partial charge in [-0.05, 0) is 26.9 Å². The standard InChI is InChI=1S/C16H27N3OS/c1-18(2)10-15-11-19(7-8-20-15)9-14-12-21-16(17-14)13-5-3-4-6-13/h12-13,15H,3-11H2,1-2H3/t15-/m0/s1. The van der Waals surface area contributed by atoms with Gasteiger partial charge in [-0.25, -0.2) is 4.98 Å². The van der Waals surface area contributed by atoms with Gasteiger partial charge in [-0.2, -0.15) is 0 Å². The van der Waals surface area contributed by atoms with Gasteiger partial charge >= 0.3 is 0 Å². The van der Waals surface area contributed by atoms with Crippen molar-refractivity contribution in [3.05, 3.63) is 16.1 Å². The lowest BCUT2D eigenvalue weighted by molar-refractivity contribution is -0.0409. The predicted octanol–water partition coefficient (Wildman–Crippen LogP) is 2.56. The van der Waals surface area contributed by atoms with E-state index in [-0.39, 0.29) is 0 Å². The molecule has 0 bridgehead atoms. The van der Waals surface area contributed by atoms with Crippen LogP contribution in [0, 0.1) is 0 Å². The van der Waals surface area contributed by atoms with Crippen molar-refractivity contribution in [1.29, 1.82) is 0 Å². The minimum absolute atomic E-state index is 0.335. The molecule has 0 spiro atoms. The summed E-state index contributed by atoms with van der Waals surface area (Å²) in [7, 11) is 4.22. The van der Waals surface area contributed by atoms with Crippen LogP contribution in [-0.4, -0.2) is 61.2 Å². The van der Waals surface area contributed by atoms with Crippen LogP contribution in [0.1, 0.15) is 42.3 Å². The van der Waals surface area contributed by atoms with Gasteiger partial charge in [0, 0.05) is 37.5 Å². The zero-order chi connectivity index (χ0) is 14.7. The molecule has 1 aromatic rings. The van der Waals surface area contributed by atoms with E-state index in [1.54, 1.807) is 0 Å². The second-order valence-electron chi connectivity index (χ2n) is 6.65. The topological polar surface area (TPSA) is 28.6 Å². The van der Waals surface area contributed by atoms with Gasteiger partial charge in [0.15, 0.2) is 0 Å². The molecule has 1 atom stereocenters. The van der Waals surface area contributed by atoms with E-state index in [0.29, 0.717) is 6.10 Å². The number of hydrogen-bond acceptors (Lipinski definition) is 5. The molecule has 1 aliphatic heterocycles. The highest BCUT2D eigenvalue weighted by Gasteiger charge is 2.23. The highest BCUT2D eigenvalue weighted by molar-refractivity contribution is 7.09. The maximum atomic E-state index is 5.84. The number of hydrogen-bond donors (Lipinski definition) is 0. The average Bonchev–Trinajstić information content (AvgIpc) is 3.08. The van der Waals surface area contributed by atoms with Crippen molar-refractivity contribution in [2.75, 3.05) is 40.3 Å². The highest BCUT2D eigenvalue weighted by atomic mass is 32.1. The first-order valence-electron chi connectivity index (χ1n) is 8.13. The van der Waals surface area contributed by atoms with Crippen LogP contribution >= 0.6 is 11.3 Å². The summed E-state index contributed by atoms with van der Waals surface area (Å²) in [6, 6.07) is 0. The minimum atomic E-state index is 0.335. The molecule has 3 rings (SSSR count). The van der Waals surface area contributed by atoms with E-state index >= 15 is 0 Å². The summed E-state index contributed by atoms with van der Waals surface area (Å²) in [6.45, 7) is 4.88. The Kier molecular flexibility index (Phi) is 5.27. The first-order valence-corrected chi connectivity index (χ1v) is 9.01. The monoisotopic (exact) mass is 309 g/mol. The fourth-order valence-electron chi connectivity index (χ4n) is 3.43. The number of nitrogens with zero attached hydrogens (tertiary/aromatic N) is 3. The fraction of sp³-hybridized carbons (Fsp3) is 0.812. The van der Waals surface area contributed by atoms with Crippen LogP contribution < -0.4 is 0 Å². The van der Waals surface area contributed by atoms with Crippen molar-refractivity contribution in [1.82, 2.24) is 14.8 Å². The lowest BCUT2D eigenvalue weighted by Gasteiger charge is -2.33. The summed E-state index contributed by atoms with van der Waals surface area (Å²) in [4.78, 5) is 9.59. The molecule has 0 unspecified atom stereocenters. The molecule has 0 radical (unpaired) electrons. The van der Waals surface area contributed by atoms with Crippen LogP contribution in [0.5, 0.6) is 0 Å². The Morgan fingerprint density at radius 2 is 2.19 bits per heavy atom. The number of aromatic nitrogens is 1. The Labute approximate surface area is 132 Å². The molecule has 1 saturated heterocycles. The largest absolute Gasteiger partial charge is 0.374 e. The van der Waals surface area contributed by atoms with Gasteiger partial charge in [0.2, 0.25) is 0 Å².